The first-order chi connectivity index (χ1) is 15.7. The molecule has 11 heteroatoms. The Hall–Kier alpha value is -2.13. The topological polar surface area (TPSA) is 78.8 Å². The fraction of sp³-hybridized carbons (Fsp3) is 0.0909. The highest BCUT2D eigenvalue weighted by Crippen LogP contribution is 2.38. The molecule has 0 bridgehead atoms. The van der Waals surface area contributed by atoms with Crippen LogP contribution in [0.2, 0.25) is 20.1 Å². The second-order valence-corrected chi connectivity index (χ2v) is 10.6. The van der Waals surface area contributed by atoms with E-state index in [2.05, 4.69) is 9.82 Å². The van der Waals surface area contributed by atoms with Crippen molar-refractivity contribution >= 4 is 73.6 Å². The van der Waals surface area contributed by atoms with Crippen molar-refractivity contribution in [3.63, 3.8) is 0 Å². The van der Waals surface area contributed by atoms with Crippen molar-refractivity contribution < 1.29 is 13.2 Å². The number of halogens is 4. The summed E-state index contributed by atoms with van der Waals surface area (Å²) in [6.07, 6.45) is 0. The monoisotopic (exact) mass is 541 g/mol. The Balaban J connectivity index is 1.68. The van der Waals surface area contributed by atoms with E-state index in [0.717, 1.165) is 0 Å². The van der Waals surface area contributed by atoms with Crippen LogP contribution in [0.1, 0.15) is 11.6 Å². The molecule has 0 spiro atoms. The lowest BCUT2D eigenvalue weighted by molar-refractivity contribution is -0.113. The predicted molar refractivity (Wildman–Crippen MR) is 132 cm³/mol. The summed E-state index contributed by atoms with van der Waals surface area (Å²) in [4.78, 5) is 13.3. The van der Waals surface area contributed by atoms with Crippen LogP contribution in [0.3, 0.4) is 0 Å². The zero-order chi connectivity index (χ0) is 23.8. The normalized spacial score (nSPS) is 16.2. The lowest BCUT2D eigenvalue weighted by atomic mass is 10.00. The number of nitrogens with zero attached hydrogens (tertiary/aromatic N) is 2. The number of carbonyl (C=O) groups excluding carboxylic acids is 1. The lowest BCUT2D eigenvalue weighted by Crippen LogP contribution is -2.33. The molecule has 6 nitrogen and oxygen atoms in total. The number of benzene rings is 3. The minimum absolute atomic E-state index is 0.0200. The van der Waals surface area contributed by atoms with Crippen LogP contribution in [-0.2, 0) is 14.8 Å². The highest BCUT2D eigenvalue weighted by molar-refractivity contribution is 7.89. The zero-order valence-corrected chi connectivity index (χ0v) is 20.5. The van der Waals surface area contributed by atoms with Crippen LogP contribution < -0.4 is 9.73 Å². The number of Topliss-reactive ketones (excluding diaryl/α,β-unsaturated/α-hetero) is 1. The summed E-state index contributed by atoms with van der Waals surface area (Å²) in [5.41, 5.74) is 1.08. The van der Waals surface area contributed by atoms with Gasteiger partial charge in [0.2, 0.25) is 15.8 Å². The van der Waals surface area contributed by atoms with Gasteiger partial charge in [-0.15, -0.1) is 0 Å². The quantitative estimate of drug-likeness (QED) is 0.429. The fourth-order valence-corrected chi connectivity index (χ4v) is 5.22. The molecule has 3 aromatic carbocycles. The van der Waals surface area contributed by atoms with Crippen molar-refractivity contribution in [3.8, 4) is 0 Å². The third kappa shape index (κ3) is 5.19. The second kappa shape index (κ2) is 9.62. The largest absolute Gasteiger partial charge is 0.290 e. The van der Waals surface area contributed by atoms with Crippen LogP contribution in [0.15, 0.2) is 76.7 Å². The molecule has 4 rings (SSSR count). The minimum atomic E-state index is -3.92. The van der Waals surface area contributed by atoms with Crippen LogP contribution in [0.5, 0.6) is 0 Å². The van der Waals surface area contributed by atoms with Crippen molar-refractivity contribution in [3.05, 3.63) is 92.4 Å². The first-order valence-corrected chi connectivity index (χ1v) is 12.5. The molecule has 0 aromatic heterocycles. The van der Waals surface area contributed by atoms with Gasteiger partial charge in [0.25, 0.3) is 0 Å². The maximum Gasteiger partial charge on any atom is 0.240 e. The van der Waals surface area contributed by atoms with E-state index in [-0.39, 0.29) is 28.0 Å². The number of hydrogen-bond acceptors (Lipinski definition) is 5. The maximum absolute atomic E-state index is 13.3. The van der Waals surface area contributed by atoms with E-state index in [9.17, 15) is 13.2 Å². The first kappa shape index (κ1) is 24.0. The van der Waals surface area contributed by atoms with Gasteiger partial charge in [-0.1, -0.05) is 64.6 Å². The molecule has 1 heterocycles. The van der Waals surface area contributed by atoms with Crippen LogP contribution >= 0.6 is 46.4 Å². The molecular weight excluding hydrogens is 528 g/mol. The molecule has 1 unspecified atom stereocenters. The van der Waals surface area contributed by atoms with E-state index in [1.807, 2.05) is 0 Å². The number of carbonyl (C=O) groups is 1. The second-order valence-electron chi connectivity index (χ2n) is 7.09. The molecule has 1 aliphatic heterocycles. The average molecular weight is 543 g/mol. The number of anilines is 1. The Morgan fingerprint density at radius 2 is 1.55 bits per heavy atom. The van der Waals surface area contributed by atoms with Crippen LogP contribution in [0, 0.1) is 0 Å². The summed E-state index contributed by atoms with van der Waals surface area (Å²) in [5, 5.41) is 7.37. The third-order valence-corrected chi connectivity index (χ3v) is 7.31. The van der Waals surface area contributed by atoms with E-state index in [1.165, 1.54) is 29.3 Å². The molecule has 1 aliphatic rings. The summed E-state index contributed by atoms with van der Waals surface area (Å²) in [5.74, 6) is -0.378. The fourth-order valence-electron chi connectivity index (χ4n) is 3.31. The van der Waals surface area contributed by atoms with Crippen LogP contribution in [-0.4, -0.2) is 26.5 Å². The van der Waals surface area contributed by atoms with E-state index in [4.69, 9.17) is 46.4 Å². The van der Waals surface area contributed by atoms with Crippen molar-refractivity contribution in [2.45, 2.75) is 10.9 Å². The summed E-state index contributed by atoms with van der Waals surface area (Å²) >= 11 is 24.3. The van der Waals surface area contributed by atoms with E-state index in [1.54, 1.807) is 42.5 Å². The van der Waals surface area contributed by atoms with Gasteiger partial charge in [0.15, 0.2) is 0 Å². The number of sulfonamides is 1. The van der Waals surface area contributed by atoms with E-state index >= 15 is 0 Å². The van der Waals surface area contributed by atoms with Gasteiger partial charge in [-0.05, 0) is 54.1 Å². The van der Waals surface area contributed by atoms with Gasteiger partial charge in [0, 0.05) is 15.1 Å². The molecule has 0 radical (unpaired) electrons. The van der Waals surface area contributed by atoms with Crippen molar-refractivity contribution in [1.29, 1.82) is 0 Å². The third-order valence-electron chi connectivity index (χ3n) is 4.88. The number of hydrazone groups is 1. The van der Waals surface area contributed by atoms with Gasteiger partial charge in [-0.3, -0.25) is 4.79 Å². The number of hydrogen-bond donors (Lipinski definition) is 1. The van der Waals surface area contributed by atoms with E-state index in [0.29, 0.717) is 26.3 Å². The number of ketones is 1. The molecule has 0 fully saturated rings. The summed E-state index contributed by atoms with van der Waals surface area (Å²) < 4.78 is 27.8. The number of rotatable bonds is 6. The molecule has 33 heavy (non-hydrogen) atoms. The van der Waals surface area contributed by atoms with Gasteiger partial charge < -0.3 is 0 Å². The molecule has 0 aliphatic carbocycles. The molecule has 170 valence electrons. The van der Waals surface area contributed by atoms with E-state index < -0.39 is 16.1 Å². The standard InChI is InChI=1S/C22H15Cl4N3O3S/c23-14-6-4-13(5-7-14)21-22(30)19(28-29(21)20-9-8-16(25)11-18(20)26)12-27-33(31,32)17-3-1-2-15(24)10-17/h1-11,21,27H,12H2. The molecule has 1 N–H and O–H groups in total. The Kier molecular flexibility index (Phi) is 7.00. The molecule has 0 saturated carbocycles. The molecule has 0 amide bonds. The average Bonchev–Trinajstić information content (AvgIpc) is 3.09. The smallest absolute Gasteiger partial charge is 0.240 e. The SMILES string of the molecule is O=C1C(CNS(=O)(=O)c2cccc(Cl)c2)=NN(c2ccc(Cl)cc2Cl)C1c1ccc(Cl)cc1. The summed E-state index contributed by atoms with van der Waals surface area (Å²) in [7, 11) is -3.92. The maximum atomic E-state index is 13.3. The van der Waals surface area contributed by atoms with Gasteiger partial charge in [0.05, 0.1) is 22.2 Å². The Morgan fingerprint density at radius 3 is 2.21 bits per heavy atom. The molecule has 1 atom stereocenters. The van der Waals surface area contributed by atoms with Crippen LogP contribution in [0.25, 0.3) is 0 Å². The summed E-state index contributed by atoms with van der Waals surface area (Å²) in [6, 6.07) is 16.5. The molecule has 0 saturated heterocycles. The highest BCUT2D eigenvalue weighted by Gasteiger charge is 2.38. The zero-order valence-electron chi connectivity index (χ0n) is 16.7. The Morgan fingerprint density at radius 1 is 0.879 bits per heavy atom. The first-order valence-electron chi connectivity index (χ1n) is 9.52. The van der Waals surface area contributed by atoms with Crippen molar-refractivity contribution in [2.75, 3.05) is 11.6 Å². The van der Waals surface area contributed by atoms with Crippen LogP contribution in [0.4, 0.5) is 5.69 Å². The van der Waals surface area contributed by atoms with Crippen molar-refractivity contribution in [1.82, 2.24) is 4.72 Å². The van der Waals surface area contributed by atoms with Gasteiger partial charge in [-0.25, -0.2) is 18.1 Å². The predicted octanol–water partition coefficient (Wildman–Crippen LogP) is 5.77. The van der Waals surface area contributed by atoms with Gasteiger partial charge in [-0.2, -0.15) is 5.10 Å². The van der Waals surface area contributed by atoms with Gasteiger partial charge >= 0.3 is 0 Å². The Labute approximate surface area is 210 Å². The molecule has 3 aromatic rings. The lowest BCUT2D eigenvalue weighted by Gasteiger charge is -2.23. The summed E-state index contributed by atoms with van der Waals surface area (Å²) in [6.45, 7) is -0.320. The Bertz CT molecular complexity index is 1360. The van der Waals surface area contributed by atoms with Gasteiger partial charge in [0.1, 0.15) is 11.8 Å². The van der Waals surface area contributed by atoms with Crippen molar-refractivity contribution in [2.24, 2.45) is 5.10 Å². The minimum Gasteiger partial charge on any atom is -0.290 e. The number of nitrogens with one attached hydrogen (secondary N) is 1. The molecular formula is C22H15Cl4N3O3S. The highest BCUT2D eigenvalue weighted by atomic mass is 35.5.